The Labute approximate surface area is 131 Å². The SMILES string of the molecule is COCc1ccc(C(=O)NCc2cccc(N(C)C)c2)cc1. The fourth-order valence-electron chi connectivity index (χ4n) is 2.15. The van der Waals surface area contributed by atoms with E-state index in [1.165, 1.54) is 0 Å². The lowest BCUT2D eigenvalue weighted by Crippen LogP contribution is -2.23. The van der Waals surface area contributed by atoms with Crippen molar-refractivity contribution >= 4 is 11.6 Å². The van der Waals surface area contributed by atoms with E-state index in [0.717, 1.165) is 16.8 Å². The molecule has 0 spiro atoms. The smallest absolute Gasteiger partial charge is 0.251 e. The minimum Gasteiger partial charge on any atom is -0.380 e. The van der Waals surface area contributed by atoms with E-state index in [9.17, 15) is 4.79 Å². The quantitative estimate of drug-likeness (QED) is 0.891. The van der Waals surface area contributed by atoms with Gasteiger partial charge in [-0.2, -0.15) is 0 Å². The Morgan fingerprint density at radius 2 is 1.82 bits per heavy atom. The third-order valence-electron chi connectivity index (χ3n) is 3.41. The molecule has 0 aliphatic heterocycles. The van der Waals surface area contributed by atoms with E-state index in [-0.39, 0.29) is 5.91 Å². The molecule has 0 aliphatic rings. The molecule has 2 aromatic carbocycles. The maximum absolute atomic E-state index is 12.2. The Hall–Kier alpha value is -2.33. The molecular weight excluding hydrogens is 276 g/mol. The highest BCUT2D eigenvalue weighted by molar-refractivity contribution is 5.94. The summed E-state index contributed by atoms with van der Waals surface area (Å²) in [6.07, 6.45) is 0. The summed E-state index contributed by atoms with van der Waals surface area (Å²) < 4.78 is 5.06. The standard InChI is InChI=1S/C18H22N2O2/c1-20(2)17-6-4-5-15(11-17)12-19-18(21)16-9-7-14(8-10-16)13-22-3/h4-11H,12-13H2,1-3H3,(H,19,21). The van der Waals surface area contributed by atoms with E-state index in [4.69, 9.17) is 4.74 Å². The van der Waals surface area contributed by atoms with E-state index in [1.807, 2.05) is 61.5 Å². The van der Waals surface area contributed by atoms with Crippen LogP contribution in [0.15, 0.2) is 48.5 Å². The van der Waals surface area contributed by atoms with Crippen molar-refractivity contribution in [2.24, 2.45) is 0 Å². The minimum atomic E-state index is -0.0702. The van der Waals surface area contributed by atoms with Crippen molar-refractivity contribution in [1.82, 2.24) is 5.32 Å². The Morgan fingerprint density at radius 1 is 1.09 bits per heavy atom. The highest BCUT2D eigenvalue weighted by Crippen LogP contribution is 2.13. The molecule has 0 saturated heterocycles. The van der Waals surface area contributed by atoms with Gasteiger partial charge in [-0.3, -0.25) is 4.79 Å². The van der Waals surface area contributed by atoms with E-state index >= 15 is 0 Å². The van der Waals surface area contributed by atoms with Gasteiger partial charge in [0.15, 0.2) is 0 Å². The third kappa shape index (κ3) is 4.33. The zero-order chi connectivity index (χ0) is 15.9. The first-order chi connectivity index (χ1) is 10.6. The zero-order valence-corrected chi connectivity index (χ0v) is 13.3. The van der Waals surface area contributed by atoms with Crippen LogP contribution in [0.4, 0.5) is 5.69 Å². The maximum Gasteiger partial charge on any atom is 0.251 e. The number of carbonyl (C=O) groups excluding carboxylic acids is 1. The molecule has 2 aromatic rings. The molecule has 0 radical (unpaired) electrons. The van der Waals surface area contributed by atoms with Gasteiger partial charge >= 0.3 is 0 Å². The van der Waals surface area contributed by atoms with Gasteiger partial charge in [0.05, 0.1) is 6.61 Å². The Bertz CT molecular complexity index is 621. The predicted molar refractivity (Wildman–Crippen MR) is 89.1 cm³/mol. The number of amides is 1. The van der Waals surface area contributed by atoms with Crippen molar-refractivity contribution < 1.29 is 9.53 Å². The van der Waals surface area contributed by atoms with Crippen LogP contribution >= 0.6 is 0 Å². The van der Waals surface area contributed by atoms with Crippen LogP contribution in [-0.2, 0) is 17.9 Å². The fraction of sp³-hybridized carbons (Fsp3) is 0.278. The van der Waals surface area contributed by atoms with Crippen LogP contribution in [-0.4, -0.2) is 27.1 Å². The zero-order valence-electron chi connectivity index (χ0n) is 13.3. The van der Waals surface area contributed by atoms with Gasteiger partial charge < -0.3 is 15.0 Å². The van der Waals surface area contributed by atoms with Crippen molar-refractivity contribution in [2.75, 3.05) is 26.1 Å². The Kier molecular flexibility index (Phi) is 5.55. The molecule has 4 heteroatoms. The van der Waals surface area contributed by atoms with Gasteiger partial charge in [0, 0.05) is 39.0 Å². The van der Waals surface area contributed by atoms with Crippen molar-refractivity contribution in [3.8, 4) is 0 Å². The number of ether oxygens (including phenoxy) is 1. The van der Waals surface area contributed by atoms with Gasteiger partial charge in [0.1, 0.15) is 0 Å². The van der Waals surface area contributed by atoms with Crippen LogP contribution in [0.2, 0.25) is 0 Å². The molecule has 0 aromatic heterocycles. The first kappa shape index (κ1) is 16.0. The second kappa shape index (κ2) is 7.61. The number of nitrogens with one attached hydrogen (secondary N) is 1. The highest BCUT2D eigenvalue weighted by Gasteiger charge is 2.06. The van der Waals surface area contributed by atoms with Crippen LogP contribution in [0.5, 0.6) is 0 Å². The first-order valence-corrected chi connectivity index (χ1v) is 7.22. The number of anilines is 1. The molecule has 116 valence electrons. The van der Waals surface area contributed by atoms with Gasteiger partial charge in [-0.1, -0.05) is 24.3 Å². The Balaban J connectivity index is 1.96. The molecule has 0 bridgehead atoms. The van der Waals surface area contributed by atoms with Gasteiger partial charge in [-0.15, -0.1) is 0 Å². The van der Waals surface area contributed by atoms with Crippen LogP contribution in [0.25, 0.3) is 0 Å². The lowest BCUT2D eigenvalue weighted by atomic mass is 10.1. The summed E-state index contributed by atoms with van der Waals surface area (Å²) in [4.78, 5) is 14.2. The molecule has 0 fully saturated rings. The number of benzene rings is 2. The van der Waals surface area contributed by atoms with E-state index < -0.39 is 0 Å². The topological polar surface area (TPSA) is 41.6 Å². The van der Waals surface area contributed by atoms with Crippen molar-refractivity contribution in [2.45, 2.75) is 13.2 Å². The molecule has 0 saturated carbocycles. The van der Waals surface area contributed by atoms with Crippen molar-refractivity contribution in [3.63, 3.8) is 0 Å². The van der Waals surface area contributed by atoms with Gasteiger partial charge in [0.2, 0.25) is 0 Å². The largest absolute Gasteiger partial charge is 0.380 e. The molecule has 22 heavy (non-hydrogen) atoms. The minimum absolute atomic E-state index is 0.0702. The second-order valence-electron chi connectivity index (χ2n) is 5.38. The number of methoxy groups -OCH3 is 1. The molecular formula is C18H22N2O2. The number of rotatable bonds is 6. The summed E-state index contributed by atoms with van der Waals surface area (Å²) in [6, 6.07) is 15.6. The summed E-state index contributed by atoms with van der Waals surface area (Å²) in [7, 11) is 5.65. The van der Waals surface area contributed by atoms with E-state index in [2.05, 4.69) is 11.4 Å². The lowest BCUT2D eigenvalue weighted by Gasteiger charge is -2.14. The molecule has 1 N–H and O–H groups in total. The lowest BCUT2D eigenvalue weighted by molar-refractivity contribution is 0.0951. The van der Waals surface area contributed by atoms with Crippen molar-refractivity contribution in [3.05, 3.63) is 65.2 Å². The summed E-state index contributed by atoms with van der Waals surface area (Å²) in [5.74, 6) is -0.0702. The maximum atomic E-state index is 12.2. The number of carbonyl (C=O) groups is 1. The normalized spacial score (nSPS) is 10.3. The molecule has 4 nitrogen and oxygen atoms in total. The average molecular weight is 298 g/mol. The van der Waals surface area contributed by atoms with Crippen LogP contribution in [0, 0.1) is 0 Å². The monoisotopic (exact) mass is 298 g/mol. The summed E-state index contributed by atoms with van der Waals surface area (Å²) in [5, 5.41) is 2.94. The average Bonchev–Trinajstić information content (AvgIpc) is 2.54. The number of hydrogen-bond donors (Lipinski definition) is 1. The third-order valence-corrected chi connectivity index (χ3v) is 3.41. The molecule has 0 atom stereocenters. The van der Waals surface area contributed by atoms with E-state index in [1.54, 1.807) is 7.11 Å². The van der Waals surface area contributed by atoms with Crippen LogP contribution < -0.4 is 10.2 Å². The summed E-state index contributed by atoms with van der Waals surface area (Å²) in [5.41, 5.74) is 3.91. The van der Waals surface area contributed by atoms with Crippen LogP contribution in [0.1, 0.15) is 21.5 Å². The van der Waals surface area contributed by atoms with Gasteiger partial charge in [0.25, 0.3) is 5.91 Å². The number of hydrogen-bond acceptors (Lipinski definition) is 3. The van der Waals surface area contributed by atoms with Crippen LogP contribution in [0.3, 0.4) is 0 Å². The molecule has 0 unspecified atom stereocenters. The summed E-state index contributed by atoms with van der Waals surface area (Å²) >= 11 is 0. The van der Waals surface area contributed by atoms with Gasteiger partial charge in [-0.25, -0.2) is 0 Å². The van der Waals surface area contributed by atoms with Crippen molar-refractivity contribution in [1.29, 1.82) is 0 Å². The first-order valence-electron chi connectivity index (χ1n) is 7.22. The number of nitrogens with zero attached hydrogens (tertiary/aromatic N) is 1. The molecule has 2 rings (SSSR count). The molecule has 1 amide bonds. The fourth-order valence-corrected chi connectivity index (χ4v) is 2.15. The molecule has 0 aliphatic carbocycles. The summed E-state index contributed by atoms with van der Waals surface area (Å²) in [6.45, 7) is 1.07. The molecule has 0 heterocycles. The second-order valence-corrected chi connectivity index (χ2v) is 5.38. The van der Waals surface area contributed by atoms with E-state index in [0.29, 0.717) is 18.7 Å². The predicted octanol–water partition coefficient (Wildman–Crippen LogP) is 2.83. The van der Waals surface area contributed by atoms with Gasteiger partial charge in [-0.05, 0) is 35.4 Å². The Morgan fingerprint density at radius 3 is 2.45 bits per heavy atom. The highest BCUT2D eigenvalue weighted by atomic mass is 16.5.